The molecule has 0 saturated heterocycles. The largest absolute Gasteiger partial charge is 0.493 e. The first kappa shape index (κ1) is 15.9. The number of carbonyl (C=O) groups is 1. The third kappa shape index (κ3) is 3.79. The van der Waals surface area contributed by atoms with E-state index in [1.807, 2.05) is 32.0 Å². The van der Waals surface area contributed by atoms with E-state index in [4.69, 9.17) is 14.2 Å². The summed E-state index contributed by atoms with van der Waals surface area (Å²) in [6.45, 7) is 4.86. The SMILES string of the molecule is COc1cc(C=O)ccc1OCCOc1c(C)cccc1C. The molecule has 0 amide bonds. The molecule has 0 aromatic heterocycles. The van der Waals surface area contributed by atoms with Crippen LogP contribution in [0.25, 0.3) is 0 Å². The van der Waals surface area contributed by atoms with Gasteiger partial charge in [0.15, 0.2) is 11.5 Å². The van der Waals surface area contributed by atoms with Crippen LogP contribution < -0.4 is 14.2 Å². The lowest BCUT2D eigenvalue weighted by atomic mass is 10.1. The topological polar surface area (TPSA) is 44.8 Å². The maximum Gasteiger partial charge on any atom is 0.161 e. The molecule has 2 aromatic carbocycles. The van der Waals surface area contributed by atoms with Crippen LogP contribution in [0.5, 0.6) is 17.2 Å². The highest BCUT2D eigenvalue weighted by molar-refractivity contribution is 5.76. The molecular weight excluding hydrogens is 280 g/mol. The van der Waals surface area contributed by atoms with Crippen molar-refractivity contribution >= 4 is 6.29 Å². The van der Waals surface area contributed by atoms with Crippen LogP contribution in [0.1, 0.15) is 21.5 Å². The Bertz CT molecular complexity index is 629. The molecule has 4 nitrogen and oxygen atoms in total. The van der Waals surface area contributed by atoms with Gasteiger partial charge in [-0.05, 0) is 43.2 Å². The van der Waals surface area contributed by atoms with Crippen molar-refractivity contribution in [2.45, 2.75) is 13.8 Å². The fraction of sp³-hybridized carbons (Fsp3) is 0.278. The van der Waals surface area contributed by atoms with E-state index in [-0.39, 0.29) is 0 Å². The summed E-state index contributed by atoms with van der Waals surface area (Å²) in [5.74, 6) is 2.03. The van der Waals surface area contributed by atoms with Gasteiger partial charge in [-0.2, -0.15) is 0 Å². The normalized spacial score (nSPS) is 10.1. The van der Waals surface area contributed by atoms with Crippen LogP contribution in [-0.4, -0.2) is 26.6 Å². The lowest BCUT2D eigenvalue weighted by Crippen LogP contribution is -2.10. The van der Waals surface area contributed by atoms with E-state index in [0.717, 1.165) is 23.2 Å². The number of para-hydroxylation sites is 1. The molecule has 0 saturated carbocycles. The van der Waals surface area contributed by atoms with Crippen LogP contribution in [0.15, 0.2) is 36.4 Å². The molecule has 0 bridgehead atoms. The van der Waals surface area contributed by atoms with Gasteiger partial charge >= 0.3 is 0 Å². The van der Waals surface area contributed by atoms with Gasteiger partial charge < -0.3 is 14.2 Å². The molecule has 4 heteroatoms. The van der Waals surface area contributed by atoms with Crippen LogP contribution >= 0.6 is 0 Å². The highest BCUT2D eigenvalue weighted by Crippen LogP contribution is 2.27. The highest BCUT2D eigenvalue weighted by Gasteiger charge is 2.07. The van der Waals surface area contributed by atoms with E-state index < -0.39 is 0 Å². The van der Waals surface area contributed by atoms with Crippen molar-refractivity contribution in [3.63, 3.8) is 0 Å². The van der Waals surface area contributed by atoms with Crippen LogP contribution in [0.4, 0.5) is 0 Å². The van der Waals surface area contributed by atoms with Gasteiger partial charge in [-0.3, -0.25) is 4.79 Å². The van der Waals surface area contributed by atoms with E-state index in [1.165, 1.54) is 0 Å². The lowest BCUT2D eigenvalue weighted by Gasteiger charge is -2.14. The van der Waals surface area contributed by atoms with Gasteiger partial charge in [0.2, 0.25) is 0 Å². The van der Waals surface area contributed by atoms with E-state index in [2.05, 4.69) is 0 Å². The van der Waals surface area contributed by atoms with Gasteiger partial charge in [-0.1, -0.05) is 18.2 Å². The summed E-state index contributed by atoms with van der Waals surface area (Å²) in [6.07, 6.45) is 0.774. The quantitative estimate of drug-likeness (QED) is 0.579. The standard InChI is InChI=1S/C18H20O4/c1-13-5-4-6-14(2)18(13)22-10-9-21-16-8-7-15(12-19)11-17(16)20-3/h4-8,11-12H,9-10H2,1-3H3. The van der Waals surface area contributed by atoms with E-state index in [1.54, 1.807) is 25.3 Å². The second-order valence-corrected chi connectivity index (χ2v) is 4.95. The van der Waals surface area contributed by atoms with Crippen LogP contribution in [0.3, 0.4) is 0 Å². The van der Waals surface area contributed by atoms with Gasteiger partial charge in [-0.15, -0.1) is 0 Å². The predicted octanol–water partition coefficient (Wildman–Crippen LogP) is 3.58. The average Bonchev–Trinajstić information content (AvgIpc) is 2.53. The Morgan fingerprint density at radius 1 is 0.955 bits per heavy atom. The summed E-state index contributed by atoms with van der Waals surface area (Å²) in [5.41, 5.74) is 2.76. The molecular formula is C18H20O4. The fourth-order valence-electron chi connectivity index (χ4n) is 2.20. The molecule has 0 heterocycles. The van der Waals surface area contributed by atoms with E-state index in [0.29, 0.717) is 30.3 Å². The Morgan fingerprint density at radius 2 is 1.64 bits per heavy atom. The minimum atomic E-state index is 0.393. The Morgan fingerprint density at radius 3 is 2.27 bits per heavy atom. The molecule has 0 atom stereocenters. The first-order valence-corrected chi connectivity index (χ1v) is 7.10. The second-order valence-electron chi connectivity index (χ2n) is 4.95. The van der Waals surface area contributed by atoms with Crippen LogP contribution in [-0.2, 0) is 0 Å². The van der Waals surface area contributed by atoms with Gasteiger partial charge in [0, 0.05) is 5.56 Å². The van der Waals surface area contributed by atoms with Crippen molar-refractivity contribution in [1.29, 1.82) is 0 Å². The minimum Gasteiger partial charge on any atom is -0.493 e. The Balaban J connectivity index is 1.93. The van der Waals surface area contributed by atoms with Crippen molar-refractivity contribution in [2.75, 3.05) is 20.3 Å². The van der Waals surface area contributed by atoms with E-state index in [9.17, 15) is 4.79 Å². The first-order chi connectivity index (χ1) is 10.7. The van der Waals surface area contributed by atoms with Crippen molar-refractivity contribution in [2.24, 2.45) is 0 Å². The number of carbonyl (C=O) groups excluding carboxylic acids is 1. The zero-order valence-electron chi connectivity index (χ0n) is 13.1. The molecule has 2 rings (SSSR count). The Hall–Kier alpha value is -2.49. The van der Waals surface area contributed by atoms with Crippen LogP contribution in [0.2, 0.25) is 0 Å². The number of rotatable bonds is 7. The molecule has 0 spiro atoms. The zero-order chi connectivity index (χ0) is 15.9. The van der Waals surface area contributed by atoms with Gasteiger partial charge in [0.1, 0.15) is 25.2 Å². The number of ether oxygens (including phenoxy) is 3. The van der Waals surface area contributed by atoms with E-state index >= 15 is 0 Å². The Kier molecular flexibility index (Phi) is 5.42. The number of benzene rings is 2. The molecule has 0 aliphatic carbocycles. The molecule has 0 unspecified atom stereocenters. The first-order valence-electron chi connectivity index (χ1n) is 7.10. The maximum absolute atomic E-state index is 10.8. The summed E-state index contributed by atoms with van der Waals surface area (Å²) in [6, 6.07) is 11.1. The lowest BCUT2D eigenvalue weighted by molar-refractivity contribution is 0.112. The number of hydrogen-bond donors (Lipinski definition) is 0. The van der Waals surface area contributed by atoms with Crippen molar-refractivity contribution in [3.05, 3.63) is 53.1 Å². The summed E-state index contributed by atoms with van der Waals surface area (Å²) < 4.78 is 16.7. The zero-order valence-corrected chi connectivity index (χ0v) is 13.1. The predicted molar refractivity (Wildman–Crippen MR) is 85.3 cm³/mol. The fourth-order valence-corrected chi connectivity index (χ4v) is 2.20. The summed E-state index contributed by atoms with van der Waals surface area (Å²) in [7, 11) is 1.55. The minimum absolute atomic E-state index is 0.393. The molecule has 2 aromatic rings. The average molecular weight is 300 g/mol. The number of methoxy groups -OCH3 is 1. The molecule has 22 heavy (non-hydrogen) atoms. The molecule has 0 aliphatic rings. The van der Waals surface area contributed by atoms with Crippen molar-refractivity contribution < 1.29 is 19.0 Å². The molecule has 0 N–H and O–H groups in total. The smallest absolute Gasteiger partial charge is 0.161 e. The summed E-state index contributed by atoms with van der Waals surface area (Å²) in [5, 5.41) is 0. The maximum atomic E-state index is 10.8. The molecule has 116 valence electrons. The second kappa shape index (κ2) is 7.50. The summed E-state index contributed by atoms with van der Waals surface area (Å²) in [4.78, 5) is 10.8. The summed E-state index contributed by atoms with van der Waals surface area (Å²) >= 11 is 0. The molecule has 0 fully saturated rings. The van der Waals surface area contributed by atoms with Crippen LogP contribution in [0, 0.1) is 13.8 Å². The Labute approximate surface area is 130 Å². The molecule has 0 radical (unpaired) electrons. The number of aldehydes is 1. The van der Waals surface area contributed by atoms with Crippen molar-refractivity contribution in [1.82, 2.24) is 0 Å². The number of aryl methyl sites for hydroxylation is 2. The van der Waals surface area contributed by atoms with Crippen molar-refractivity contribution in [3.8, 4) is 17.2 Å². The van der Waals surface area contributed by atoms with Gasteiger partial charge in [0.05, 0.1) is 7.11 Å². The van der Waals surface area contributed by atoms with Gasteiger partial charge in [-0.25, -0.2) is 0 Å². The third-order valence-electron chi connectivity index (χ3n) is 3.32. The monoisotopic (exact) mass is 300 g/mol. The molecule has 0 aliphatic heterocycles. The highest BCUT2D eigenvalue weighted by atomic mass is 16.5. The third-order valence-corrected chi connectivity index (χ3v) is 3.32. The van der Waals surface area contributed by atoms with Gasteiger partial charge in [0.25, 0.3) is 0 Å². The number of hydrogen-bond acceptors (Lipinski definition) is 4.